The average molecular weight is 214 g/mol. The summed E-state index contributed by atoms with van der Waals surface area (Å²) in [4.78, 5) is 0. The maximum atomic E-state index is 4.88. The van der Waals surface area contributed by atoms with Gasteiger partial charge in [0, 0.05) is 0 Å². The lowest BCUT2D eigenvalue weighted by atomic mass is 10.2. The van der Waals surface area contributed by atoms with Gasteiger partial charge in [-0.1, -0.05) is 0 Å². The first-order chi connectivity index (χ1) is 8.91. The minimum Gasteiger partial charge on any atom is -0.158 e. The Labute approximate surface area is 111 Å². The van der Waals surface area contributed by atoms with Crippen molar-refractivity contribution in [2.45, 2.75) is 0 Å². The molecule has 0 aromatic rings. The zero-order valence-electron chi connectivity index (χ0n) is 9.15. The molecule has 0 rings (SSSR count). The fourth-order valence-electron chi connectivity index (χ4n) is 0.447. The quantitative estimate of drug-likeness (QED) is 0.368. The first kappa shape index (κ1) is 14.6. The fourth-order valence-corrected chi connectivity index (χ4v) is 0.447. The van der Waals surface area contributed by atoms with Crippen molar-refractivity contribution in [1.82, 2.24) is 0 Å². The second kappa shape index (κ2) is 13.6. The fraction of sp³-hybridized carbons (Fsp3) is 0. The Bertz CT molecular complexity index is 711. The Hall–Kier alpha value is -3.39. The van der Waals surface area contributed by atoms with Crippen molar-refractivity contribution in [2.75, 3.05) is 0 Å². The number of hydrogen-bond donors (Lipinski definition) is 0. The molecular weight excluding hydrogens is 214 g/mol. The zero-order valence-corrected chi connectivity index (χ0v) is 9.15. The lowest BCUT2D eigenvalue weighted by Crippen LogP contribution is -1.56. The van der Waals surface area contributed by atoms with Crippen molar-refractivity contribution in [1.29, 1.82) is 0 Å². The van der Waals surface area contributed by atoms with Crippen LogP contribution in [0.3, 0.4) is 0 Å². The molecule has 4 radical (unpaired) electrons. The second-order valence-electron chi connectivity index (χ2n) is 2.04. The Balaban J connectivity index is 4.28. The molecule has 0 nitrogen and oxygen atoms in total. The summed E-state index contributed by atoms with van der Waals surface area (Å²) < 4.78 is 0. The topological polar surface area (TPSA) is 0 Å². The molecule has 0 heterocycles. The summed E-state index contributed by atoms with van der Waals surface area (Å²) in [6, 6.07) is 0. The van der Waals surface area contributed by atoms with Gasteiger partial charge in [-0.2, -0.15) is 11.6 Å². The van der Waals surface area contributed by atoms with Crippen LogP contribution in [0, 0.1) is 94.5 Å². The minimum absolute atomic E-state index is 2.12. The molecule has 0 unspecified atom stereocenters. The van der Waals surface area contributed by atoms with E-state index in [2.05, 4.69) is 94.5 Å². The molecule has 0 N–H and O–H groups in total. The van der Waals surface area contributed by atoms with E-state index in [4.69, 9.17) is 15.7 Å². The van der Waals surface area contributed by atoms with Gasteiger partial charge in [-0.25, -0.2) is 0 Å². The van der Waals surface area contributed by atoms with Crippen LogP contribution in [-0.4, -0.2) is 15.7 Å². The van der Waals surface area contributed by atoms with Crippen molar-refractivity contribution in [2.24, 2.45) is 0 Å². The van der Waals surface area contributed by atoms with Crippen molar-refractivity contribution < 1.29 is 0 Å². The van der Waals surface area contributed by atoms with E-state index in [1.165, 1.54) is 0 Å². The molecule has 0 aromatic carbocycles. The van der Waals surface area contributed by atoms with Gasteiger partial charge in [0.1, 0.15) is 0 Å². The highest BCUT2D eigenvalue weighted by molar-refractivity contribution is 6.22. The molecule has 0 aliphatic heterocycles. The lowest BCUT2D eigenvalue weighted by molar-refractivity contribution is 2.34. The molecular formula is C16B2. The maximum Gasteiger partial charge on any atom is 0.189 e. The Morgan fingerprint density at radius 3 is 0.611 bits per heavy atom. The van der Waals surface area contributed by atoms with Gasteiger partial charge >= 0.3 is 0 Å². The third-order valence-electron chi connectivity index (χ3n) is 0.957. The summed E-state index contributed by atoms with van der Waals surface area (Å²) >= 11 is 0. The summed E-state index contributed by atoms with van der Waals surface area (Å²) in [6.07, 6.45) is 0. The van der Waals surface area contributed by atoms with Gasteiger partial charge in [0.25, 0.3) is 0 Å². The van der Waals surface area contributed by atoms with Crippen molar-refractivity contribution >= 4 is 15.7 Å². The van der Waals surface area contributed by atoms with Crippen LogP contribution >= 0.6 is 0 Å². The molecule has 0 aromatic heterocycles. The third-order valence-corrected chi connectivity index (χ3v) is 0.957. The zero-order chi connectivity index (χ0) is 13.3. The van der Waals surface area contributed by atoms with E-state index in [1.54, 1.807) is 0 Å². The Morgan fingerprint density at radius 1 is 0.278 bits per heavy atom. The van der Waals surface area contributed by atoms with Gasteiger partial charge in [0.15, 0.2) is 15.7 Å². The van der Waals surface area contributed by atoms with Gasteiger partial charge < -0.3 is 0 Å². The van der Waals surface area contributed by atoms with Crippen LogP contribution in [0.5, 0.6) is 0 Å². The molecule has 0 amide bonds. The molecule has 70 valence electrons. The average Bonchev–Trinajstić information content (AvgIpc) is 2.39. The molecule has 0 saturated carbocycles. The van der Waals surface area contributed by atoms with Crippen LogP contribution in [0.2, 0.25) is 0 Å². The van der Waals surface area contributed by atoms with Crippen LogP contribution in [-0.2, 0) is 0 Å². The highest BCUT2D eigenvalue weighted by Crippen LogP contribution is 1.57. The van der Waals surface area contributed by atoms with E-state index in [1.807, 2.05) is 0 Å². The van der Waals surface area contributed by atoms with Crippen LogP contribution < -0.4 is 0 Å². The predicted octanol–water partition coefficient (Wildman–Crippen LogP) is -0.734. The highest BCUT2D eigenvalue weighted by Gasteiger charge is 1.57. The standard InChI is InChI=1S/C16B2/c17-15-13-11-9-7-5-3-1-2-4-6-8-10-12-14-16-18. The third kappa shape index (κ3) is 12.6. The number of rotatable bonds is 0. The predicted molar refractivity (Wildman–Crippen MR) is 73.7 cm³/mol. The van der Waals surface area contributed by atoms with E-state index < -0.39 is 0 Å². The van der Waals surface area contributed by atoms with E-state index in [9.17, 15) is 0 Å². The summed E-state index contributed by atoms with van der Waals surface area (Å²) in [5.74, 6) is 38.2. The minimum atomic E-state index is 2.12. The summed E-state index contributed by atoms with van der Waals surface area (Å²) in [7, 11) is 9.76. The molecule has 0 saturated heterocycles. The van der Waals surface area contributed by atoms with Crippen molar-refractivity contribution in [3.8, 4) is 94.5 Å². The summed E-state index contributed by atoms with van der Waals surface area (Å²) in [5.41, 5.74) is 0. The van der Waals surface area contributed by atoms with Gasteiger partial charge in [0.2, 0.25) is 0 Å². The lowest BCUT2D eigenvalue weighted by Gasteiger charge is -1.56. The summed E-state index contributed by atoms with van der Waals surface area (Å²) in [5, 5.41) is 0. The van der Waals surface area contributed by atoms with Crippen LogP contribution in [0.4, 0.5) is 0 Å². The SMILES string of the molecule is [B]C#CC#CC#CC#CC#CC#CC#CC#C[B]. The van der Waals surface area contributed by atoms with E-state index in [0.717, 1.165) is 0 Å². The van der Waals surface area contributed by atoms with Crippen molar-refractivity contribution in [3.05, 3.63) is 0 Å². The normalized spacial score (nSPS) is 3.78. The van der Waals surface area contributed by atoms with E-state index in [-0.39, 0.29) is 0 Å². The highest BCUT2D eigenvalue weighted by atomic mass is 13.6. The molecule has 0 aliphatic rings. The van der Waals surface area contributed by atoms with Crippen LogP contribution in [0.25, 0.3) is 0 Å². The van der Waals surface area contributed by atoms with Crippen molar-refractivity contribution in [3.63, 3.8) is 0 Å². The Kier molecular flexibility index (Phi) is 11.0. The molecule has 18 heavy (non-hydrogen) atoms. The van der Waals surface area contributed by atoms with Crippen LogP contribution in [0.15, 0.2) is 0 Å². The smallest absolute Gasteiger partial charge is 0.158 e. The largest absolute Gasteiger partial charge is 0.189 e. The van der Waals surface area contributed by atoms with Gasteiger partial charge in [0.05, 0.1) is 0 Å². The molecule has 0 bridgehead atoms. The molecule has 0 fully saturated rings. The first-order valence-electron chi connectivity index (χ1n) is 4.33. The molecule has 0 atom stereocenters. The van der Waals surface area contributed by atoms with E-state index in [0.29, 0.717) is 0 Å². The molecule has 0 spiro atoms. The first-order valence-corrected chi connectivity index (χ1v) is 4.33. The second-order valence-corrected chi connectivity index (χ2v) is 2.04. The van der Waals surface area contributed by atoms with Crippen LogP contribution in [0.1, 0.15) is 0 Å². The number of hydrogen-bond acceptors (Lipinski definition) is 0. The summed E-state index contributed by atoms with van der Waals surface area (Å²) in [6.45, 7) is 0. The van der Waals surface area contributed by atoms with E-state index >= 15 is 0 Å². The molecule has 0 aliphatic carbocycles. The monoisotopic (exact) mass is 214 g/mol. The van der Waals surface area contributed by atoms with Gasteiger partial charge in [-0.05, 0) is 82.9 Å². The van der Waals surface area contributed by atoms with Gasteiger partial charge in [-0.15, -0.1) is 0 Å². The van der Waals surface area contributed by atoms with Gasteiger partial charge in [-0.3, -0.25) is 0 Å². The Morgan fingerprint density at radius 2 is 0.444 bits per heavy atom. The molecule has 2 heteroatoms. The maximum absolute atomic E-state index is 4.88.